The predicted octanol–water partition coefficient (Wildman–Crippen LogP) is 3.03. The molecule has 2 aromatic rings. The molecule has 4 amide bonds. The molecule has 0 bridgehead atoms. The van der Waals surface area contributed by atoms with Gasteiger partial charge in [-0.1, -0.05) is 29.3 Å². The summed E-state index contributed by atoms with van der Waals surface area (Å²) in [6.07, 6.45) is 1.28. The Morgan fingerprint density at radius 2 is 1.81 bits per heavy atom. The number of urea groups is 1. The zero-order chi connectivity index (χ0) is 19.7. The first kappa shape index (κ1) is 18.5. The number of carbonyl (C=O) groups is 3. The Hall–Kier alpha value is -3.32. The molecule has 0 aromatic heterocycles. The van der Waals surface area contributed by atoms with Gasteiger partial charge in [-0.15, -0.1) is 0 Å². The van der Waals surface area contributed by atoms with Crippen molar-refractivity contribution in [2.75, 3.05) is 12.0 Å². The fourth-order valence-electron chi connectivity index (χ4n) is 2.59. The number of amides is 4. The number of benzene rings is 2. The molecule has 0 saturated carbocycles. The van der Waals surface area contributed by atoms with Crippen LogP contribution in [0.5, 0.6) is 11.5 Å². The number of nitrogens with one attached hydrogen (secondary N) is 1. The molecule has 1 aliphatic heterocycles. The van der Waals surface area contributed by atoms with Crippen LogP contribution in [0.25, 0.3) is 6.08 Å². The van der Waals surface area contributed by atoms with Crippen molar-refractivity contribution in [2.24, 2.45) is 0 Å². The van der Waals surface area contributed by atoms with Crippen LogP contribution in [0, 0.1) is 6.92 Å². The van der Waals surface area contributed by atoms with E-state index in [0.29, 0.717) is 11.3 Å². The normalized spacial score (nSPS) is 15.9. The highest BCUT2D eigenvalue weighted by Gasteiger charge is 2.36. The number of imide groups is 2. The predicted molar refractivity (Wildman–Crippen MR) is 99.8 cm³/mol. The number of halogens is 1. The number of barbiturate groups is 1. The zero-order valence-corrected chi connectivity index (χ0v) is 15.2. The van der Waals surface area contributed by atoms with Gasteiger partial charge in [0.25, 0.3) is 11.8 Å². The lowest BCUT2D eigenvalue weighted by Gasteiger charge is -2.26. The summed E-state index contributed by atoms with van der Waals surface area (Å²) in [4.78, 5) is 38.1. The molecule has 0 radical (unpaired) electrons. The number of nitrogens with zero attached hydrogens (tertiary/aromatic N) is 1. The van der Waals surface area contributed by atoms with Crippen LogP contribution in [-0.2, 0) is 9.59 Å². The van der Waals surface area contributed by atoms with E-state index in [1.54, 1.807) is 24.3 Å². The Bertz CT molecular complexity index is 982. The highest BCUT2D eigenvalue weighted by molar-refractivity contribution is 6.39. The molecule has 2 N–H and O–H groups in total. The summed E-state index contributed by atoms with van der Waals surface area (Å²) in [7, 11) is 1.35. The average molecular weight is 387 g/mol. The lowest BCUT2D eigenvalue weighted by atomic mass is 10.1. The first-order valence-electron chi connectivity index (χ1n) is 7.86. The van der Waals surface area contributed by atoms with E-state index in [1.807, 2.05) is 6.92 Å². The molecule has 8 heteroatoms. The number of aromatic hydroxyl groups is 1. The molecule has 0 spiro atoms. The Morgan fingerprint density at radius 3 is 2.44 bits per heavy atom. The van der Waals surface area contributed by atoms with Crippen LogP contribution in [0.15, 0.2) is 42.0 Å². The van der Waals surface area contributed by atoms with Crippen LogP contribution in [0.3, 0.4) is 0 Å². The maximum absolute atomic E-state index is 12.8. The summed E-state index contributed by atoms with van der Waals surface area (Å²) in [5.41, 5.74) is 1.40. The summed E-state index contributed by atoms with van der Waals surface area (Å²) in [6, 6.07) is 8.69. The number of rotatable bonds is 3. The molecule has 1 aliphatic rings. The summed E-state index contributed by atoms with van der Waals surface area (Å²) in [6.45, 7) is 1.87. The van der Waals surface area contributed by atoms with Crippen LogP contribution < -0.4 is 15.0 Å². The van der Waals surface area contributed by atoms with Crippen molar-refractivity contribution in [1.82, 2.24) is 5.32 Å². The molecule has 7 nitrogen and oxygen atoms in total. The van der Waals surface area contributed by atoms with Gasteiger partial charge in [-0.2, -0.15) is 0 Å². The molecule has 1 fully saturated rings. The SMILES string of the molecule is COc1cc(C=C2C(=O)NC(=O)N(c3ccc(C)cc3)C2=O)cc(Cl)c1O. The second-order valence-corrected chi connectivity index (χ2v) is 6.25. The number of ether oxygens (including phenoxy) is 1. The molecule has 138 valence electrons. The smallest absolute Gasteiger partial charge is 0.335 e. The maximum Gasteiger partial charge on any atom is 0.335 e. The minimum Gasteiger partial charge on any atom is -0.503 e. The second kappa shape index (κ2) is 7.13. The summed E-state index contributed by atoms with van der Waals surface area (Å²) in [5.74, 6) is -1.76. The monoisotopic (exact) mass is 386 g/mol. The van der Waals surface area contributed by atoms with Crippen molar-refractivity contribution in [1.29, 1.82) is 0 Å². The third-order valence-corrected chi connectivity index (χ3v) is 4.26. The number of hydrogen-bond donors (Lipinski definition) is 2. The van der Waals surface area contributed by atoms with Crippen molar-refractivity contribution in [2.45, 2.75) is 6.92 Å². The van der Waals surface area contributed by atoms with Gasteiger partial charge in [-0.05, 0) is 42.8 Å². The highest BCUT2D eigenvalue weighted by atomic mass is 35.5. The van der Waals surface area contributed by atoms with E-state index in [1.165, 1.54) is 25.3 Å². The van der Waals surface area contributed by atoms with Gasteiger partial charge in [-0.3, -0.25) is 14.9 Å². The third-order valence-electron chi connectivity index (χ3n) is 3.98. The van der Waals surface area contributed by atoms with Gasteiger partial charge in [0, 0.05) is 0 Å². The van der Waals surface area contributed by atoms with Crippen LogP contribution in [0.2, 0.25) is 5.02 Å². The van der Waals surface area contributed by atoms with E-state index in [9.17, 15) is 19.5 Å². The Labute approximate surface area is 159 Å². The molecule has 0 aliphatic carbocycles. The van der Waals surface area contributed by atoms with Gasteiger partial charge in [0.05, 0.1) is 17.8 Å². The fraction of sp³-hybridized carbons (Fsp3) is 0.105. The minimum absolute atomic E-state index is 0.00339. The van der Waals surface area contributed by atoms with Crippen molar-refractivity contribution < 1.29 is 24.2 Å². The van der Waals surface area contributed by atoms with Crippen LogP contribution in [0.4, 0.5) is 10.5 Å². The molecule has 27 heavy (non-hydrogen) atoms. The van der Waals surface area contributed by atoms with Crippen molar-refractivity contribution in [3.63, 3.8) is 0 Å². The van der Waals surface area contributed by atoms with Gasteiger partial charge >= 0.3 is 6.03 Å². The highest BCUT2D eigenvalue weighted by Crippen LogP contribution is 2.35. The second-order valence-electron chi connectivity index (χ2n) is 5.85. The molecular weight excluding hydrogens is 372 g/mol. The quantitative estimate of drug-likeness (QED) is 0.624. The van der Waals surface area contributed by atoms with E-state index >= 15 is 0 Å². The fourth-order valence-corrected chi connectivity index (χ4v) is 2.80. The lowest BCUT2D eigenvalue weighted by molar-refractivity contribution is -0.122. The number of phenolic OH excluding ortho intramolecular Hbond substituents is 1. The number of aryl methyl sites for hydroxylation is 1. The third kappa shape index (κ3) is 3.50. The van der Waals surface area contributed by atoms with Crippen LogP contribution >= 0.6 is 11.6 Å². The molecule has 1 saturated heterocycles. The number of anilines is 1. The van der Waals surface area contributed by atoms with Gasteiger partial charge in [0.2, 0.25) is 0 Å². The molecule has 0 unspecified atom stereocenters. The van der Waals surface area contributed by atoms with Crippen molar-refractivity contribution in [3.05, 3.63) is 58.1 Å². The Balaban J connectivity index is 2.04. The van der Waals surface area contributed by atoms with Crippen molar-refractivity contribution >= 4 is 41.2 Å². The topological polar surface area (TPSA) is 95.9 Å². The van der Waals surface area contributed by atoms with Gasteiger partial charge in [0.15, 0.2) is 11.5 Å². The average Bonchev–Trinajstić information content (AvgIpc) is 2.62. The summed E-state index contributed by atoms with van der Waals surface area (Å²) >= 11 is 5.94. The number of hydrogen-bond acceptors (Lipinski definition) is 5. The minimum atomic E-state index is -0.827. The molecule has 3 rings (SSSR count). The summed E-state index contributed by atoms with van der Waals surface area (Å²) in [5, 5.41) is 11.9. The molecule has 0 atom stereocenters. The van der Waals surface area contributed by atoms with E-state index in [4.69, 9.17) is 16.3 Å². The van der Waals surface area contributed by atoms with E-state index in [-0.39, 0.29) is 22.1 Å². The standard InChI is InChI=1S/C19H15ClN2O5/c1-10-3-5-12(6-4-10)22-18(25)13(17(24)21-19(22)26)7-11-8-14(20)16(23)15(9-11)27-2/h3-9,23H,1-2H3,(H,21,24,26). The summed E-state index contributed by atoms with van der Waals surface area (Å²) < 4.78 is 5.01. The van der Waals surface area contributed by atoms with E-state index < -0.39 is 17.8 Å². The first-order chi connectivity index (χ1) is 12.8. The largest absolute Gasteiger partial charge is 0.503 e. The Kier molecular flexibility index (Phi) is 4.87. The molecule has 1 heterocycles. The van der Waals surface area contributed by atoms with Gasteiger partial charge in [0.1, 0.15) is 5.57 Å². The Morgan fingerprint density at radius 1 is 1.15 bits per heavy atom. The maximum atomic E-state index is 12.8. The lowest BCUT2D eigenvalue weighted by Crippen LogP contribution is -2.54. The van der Waals surface area contributed by atoms with Crippen molar-refractivity contribution in [3.8, 4) is 11.5 Å². The van der Waals surface area contributed by atoms with Crippen LogP contribution in [0.1, 0.15) is 11.1 Å². The van der Waals surface area contributed by atoms with E-state index in [0.717, 1.165) is 10.5 Å². The van der Waals surface area contributed by atoms with E-state index in [2.05, 4.69) is 5.32 Å². The first-order valence-corrected chi connectivity index (χ1v) is 8.24. The molecular formula is C19H15ClN2O5. The van der Waals surface area contributed by atoms with Crippen LogP contribution in [-0.4, -0.2) is 30.1 Å². The number of carbonyl (C=O) groups excluding carboxylic acids is 3. The number of methoxy groups -OCH3 is 1. The van der Waals surface area contributed by atoms with Gasteiger partial charge < -0.3 is 9.84 Å². The molecule has 2 aromatic carbocycles. The number of phenols is 1. The van der Waals surface area contributed by atoms with Gasteiger partial charge in [-0.25, -0.2) is 9.69 Å². The zero-order valence-electron chi connectivity index (χ0n) is 14.4.